The predicted molar refractivity (Wildman–Crippen MR) is 71.0 cm³/mol. The van der Waals surface area contributed by atoms with Gasteiger partial charge in [0.15, 0.2) is 0 Å². The molecule has 5 nitrogen and oxygen atoms in total. The first-order chi connectivity index (χ1) is 8.70. The van der Waals surface area contributed by atoms with Crippen LogP contribution in [0.1, 0.15) is 11.1 Å². The van der Waals surface area contributed by atoms with Crippen LogP contribution in [0.4, 0.5) is 11.4 Å². The molecule has 1 heterocycles. The largest absolute Gasteiger partial charge is 0.396 e. The van der Waals surface area contributed by atoms with Crippen LogP contribution in [0.3, 0.4) is 0 Å². The summed E-state index contributed by atoms with van der Waals surface area (Å²) in [5, 5.41) is 16.2. The molecular weight excluding hydrogens is 226 g/mol. The number of rotatable bonds is 4. The van der Waals surface area contributed by atoms with Crippen LogP contribution in [0.2, 0.25) is 0 Å². The molecule has 18 heavy (non-hydrogen) atoms. The molecule has 0 unspecified atom stereocenters. The molecule has 2 rings (SSSR count). The van der Waals surface area contributed by atoms with Gasteiger partial charge in [-0.1, -0.05) is 6.07 Å². The minimum atomic E-state index is 0.501. The SMILES string of the molecule is Cn1cc(CCNc2cccc(C#N)c2N)cn1. The molecule has 3 N–H and O–H groups in total. The first-order valence-corrected chi connectivity index (χ1v) is 5.70. The quantitative estimate of drug-likeness (QED) is 0.795. The van der Waals surface area contributed by atoms with Gasteiger partial charge in [0, 0.05) is 19.8 Å². The average molecular weight is 241 g/mol. The summed E-state index contributed by atoms with van der Waals surface area (Å²) in [4.78, 5) is 0. The number of para-hydroxylation sites is 1. The second kappa shape index (κ2) is 5.23. The Balaban J connectivity index is 1.97. The van der Waals surface area contributed by atoms with Crippen molar-refractivity contribution in [1.29, 1.82) is 5.26 Å². The molecule has 0 aliphatic rings. The average Bonchev–Trinajstić information content (AvgIpc) is 2.77. The number of aryl methyl sites for hydroxylation is 1. The van der Waals surface area contributed by atoms with E-state index in [4.69, 9.17) is 11.0 Å². The number of aromatic nitrogens is 2. The van der Waals surface area contributed by atoms with Gasteiger partial charge in [-0.2, -0.15) is 10.4 Å². The van der Waals surface area contributed by atoms with Crippen molar-refractivity contribution in [2.45, 2.75) is 6.42 Å². The van der Waals surface area contributed by atoms with Crippen molar-refractivity contribution in [1.82, 2.24) is 9.78 Å². The molecule has 0 aliphatic heterocycles. The Morgan fingerprint density at radius 1 is 1.50 bits per heavy atom. The summed E-state index contributed by atoms with van der Waals surface area (Å²) >= 11 is 0. The molecule has 2 aromatic rings. The lowest BCUT2D eigenvalue weighted by Crippen LogP contribution is -2.07. The number of nitrogens with one attached hydrogen (secondary N) is 1. The molecule has 0 fully saturated rings. The van der Waals surface area contributed by atoms with Crippen molar-refractivity contribution in [3.05, 3.63) is 41.7 Å². The Hall–Kier alpha value is -2.48. The fourth-order valence-electron chi connectivity index (χ4n) is 1.76. The number of nitrogen functional groups attached to an aromatic ring is 1. The molecule has 0 radical (unpaired) electrons. The number of anilines is 2. The van der Waals surface area contributed by atoms with E-state index >= 15 is 0 Å². The molecule has 1 aromatic heterocycles. The Morgan fingerprint density at radius 2 is 2.33 bits per heavy atom. The normalized spacial score (nSPS) is 10.0. The van der Waals surface area contributed by atoms with Crippen LogP contribution in [0.15, 0.2) is 30.6 Å². The lowest BCUT2D eigenvalue weighted by molar-refractivity contribution is 0.767. The Kier molecular flexibility index (Phi) is 3.49. The van der Waals surface area contributed by atoms with Gasteiger partial charge in [-0.05, 0) is 24.1 Å². The van der Waals surface area contributed by atoms with Crippen molar-refractivity contribution in [3.63, 3.8) is 0 Å². The number of hydrogen-bond donors (Lipinski definition) is 2. The van der Waals surface area contributed by atoms with Crippen LogP contribution in [0.25, 0.3) is 0 Å². The van der Waals surface area contributed by atoms with Crippen LogP contribution in [-0.4, -0.2) is 16.3 Å². The van der Waals surface area contributed by atoms with Gasteiger partial charge in [0.05, 0.1) is 23.1 Å². The van der Waals surface area contributed by atoms with Gasteiger partial charge < -0.3 is 11.1 Å². The summed E-state index contributed by atoms with van der Waals surface area (Å²) in [6.45, 7) is 0.755. The highest BCUT2D eigenvalue weighted by atomic mass is 15.2. The molecule has 0 aliphatic carbocycles. The van der Waals surface area contributed by atoms with Crippen LogP contribution in [0, 0.1) is 11.3 Å². The minimum absolute atomic E-state index is 0.501. The number of nitriles is 1. The Morgan fingerprint density at radius 3 is 3.00 bits per heavy atom. The first-order valence-electron chi connectivity index (χ1n) is 5.70. The van der Waals surface area contributed by atoms with E-state index in [0.29, 0.717) is 11.3 Å². The highest BCUT2D eigenvalue weighted by Gasteiger charge is 2.03. The fraction of sp³-hybridized carbons (Fsp3) is 0.231. The van der Waals surface area contributed by atoms with E-state index in [0.717, 1.165) is 18.7 Å². The van der Waals surface area contributed by atoms with Gasteiger partial charge in [-0.3, -0.25) is 4.68 Å². The molecular formula is C13H15N5. The van der Waals surface area contributed by atoms with Gasteiger partial charge in [0.2, 0.25) is 0 Å². The van der Waals surface area contributed by atoms with E-state index < -0.39 is 0 Å². The zero-order chi connectivity index (χ0) is 13.0. The topological polar surface area (TPSA) is 79.7 Å². The smallest absolute Gasteiger partial charge is 0.101 e. The molecule has 92 valence electrons. The minimum Gasteiger partial charge on any atom is -0.396 e. The maximum atomic E-state index is 8.88. The third-order valence-corrected chi connectivity index (χ3v) is 2.71. The molecule has 0 spiro atoms. The van der Waals surface area contributed by atoms with Crippen LogP contribution >= 0.6 is 0 Å². The van der Waals surface area contributed by atoms with Crippen molar-refractivity contribution in [2.24, 2.45) is 7.05 Å². The van der Waals surface area contributed by atoms with E-state index in [2.05, 4.69) is 16.5 Å². The Bertz CT molecular complexity index is 579. The van der Waals surface area contributed by atoms with E-state index in [-0.39, 0.29) is 0 Å². The van der Waals surface area contributed by atoms with E-state index in [1.54, 1.807) is 10.7 Å². The van der Waals surface area contributed by atoms with Crippen molar-refractivity contribution < 1.29 is 0 Å². The summed E-state index contributed by atoms with van der Waals surface area (Å²) in [6.07, 6.45) is 4.69. The highest BCUT2D eigenvalue weighted by Crippen LogP contribution is 2.21. The molecule has 0 atom stereocenters. The van der Waals surface area contributed by atoms with Gasteiger partial charge in [-0.15, -0.1) is 0 Å². The number of hydrogen-bond acceptors (Lipinski definition) is 4. The second-order valence-electron chi connectivity index (χ2n) is 4.08. The van der Waals surface area contributed by atoms with Crippen LogP contribution in [0.5, 0.6) is 0 Å². The van der Waals surface area contributed by atoms with Gasteiger partial charge in [0.25, 0.3) is 0 Å². The lowest BCUT2D eigenvalue weighted by atomic mass is 10.1. The molecule has 5 heteroatoms. The summed E-state index contributed by atoms with van der Waals surface area (Å²) in [7, 11) is 1.89. The van der Waals surface area contributed by atoms with Gasteiger partial charge in [-0.25, -0.2) is 0 Å². The maximum absolute atomic E-state index is 8.88. The number of nitrogens with two attached hydrogens (primary N) is 1. The lowest BCUT2D eigenvalue weighted by Gasteiger charge is -2.09. The summed E-state index contributed by atoms with van der Waals surface area (Å²) in [5.41, 5.74) is 8.85. The third-order valence-electron chi connectivity index (χ3n) is 2.71. The predicted octanol–water partition coefficient (Wildman–Crippen LogP) is 1.53. The summed E-state index contributed by atoms with van der Waals surface area (Å²) < 4.78 is 1.78. The first kappa shape index (κ1) is 12.0. The summed E-state index contributed by atoms with van der Waals surface area (Å²) in [5.74, 6) is 0. The highest BCUT2D eigenvalue weighted by molar-refractivity contribution is 5.72. The summed E-state index contributed by atoms with van der Waals surface area (Å²) in [6, 6.07) is 7.47. The standard InChI is InChI=1S/C13H15N5/c1-18-9-10(8-17-18)5-6-16-12-4-2-3-11(7-14)13(12)15/h2-4,8-9,16H,5-6,15H2,1H3. The van der Waals surface area contributed by atoms with Crippen LogP contribution < -0.4 is 11.1 Å². The number of nitrogens with zero attached hydrogens (tertiary/aromatic N) is 3. The van der Waals surface area contributed by atoms with E-state index in [9.17, 15) is 0 Å². The molecule has 0 amide bonds. The van der Waals surface area contributed by atoms with Gasteiger partial charge >= 0.3 is 0 Å². The van der Waals surface area contributed by atoms with Crippen LogP contribution in [-0.2, 0) is 13.5 Å². The maximum Gasteiger partial charge on any atom is 0.101 e. The number of benzene rings is 1. The Labute approximate surface area is 106 Å². The van der Waals surface area contributed by atoms with Gasteiger partial charge in [0.1, 0.15) is 6.07 Å². The molecule has 1 aromatic carbocycles. The van der Waals surface area contributed by atoms with Crippen molar-refractivity contribution >= 4 is 11.4 Å². The fourth-order valence-corrected chi connectivity index (χ4v) is 1.76. The zero-order valence-corrected chi connectivity index (χ0v) is 10.2. The zero-order valence-electron chi connectivity index (χ0n) is 10.2. The second-order valence-corrected chi connectivity index (χ2v) is 4.08. The van der Waals surface area contributed by atoms with Crippen molar-refractivity contribution in [3.8, 4) is 6.07 Å². The van der Waals surface area contributed by atoms with E-state index in [1.165, 1.54) is 5.56 Å². The monoisotopic (exact) mass is 241 g/mol. The molecule has 0 bridgehead atoms. The molecule has 0 saturated heterocycles. The van der Waals surface area contributed by atoms with E-state index in [1.807, 2.05) is 31.6 Å². The molecule has 0 saturated carbocycles. The van der Waals surface area contributed by atoms with Crippen molar-refractivity contribution in [2.75, 3.05) is 17.6 Å². The third kappa shape index (κ3) is 2.61.